The minimum Gasteiger partial charge on any atom is -0.488 e. The molecule has 4 aliphatic rings. The van der Waals surface area contributed by atoms with Crippen molar-refractivity contribution in [3.8, 4) is 16.9 Å². The van der Waals surface area contributed by atoms with Crippen molar-refractivity contribution in [2.24, 2.45) is 11.3 Å². The standard InChI is InChI=1S/C29H37ClN2O3/c1-28(2,3)35-21-7-9-22(24(30)15-21)19-6-8-23-20(14-19)16-29(4,5)26(23)32(27(33)34)25-17-31-12-10-18(25)11-13-31/h6-9,14-15,18,25-26H,10-13,16-17H2,1-5H3,(H,33,34)/t25-,26+/m1/s1. The number of ether oxygens (including phenoxy) is 1. The van der Waals surface area contributed by atoms with Crippen molar-refractivity contribution in [3.63, 3.8) is 0 Å². The first-order valence-corrected chi connectivity index (χ1v) is 13.2. The molecule has 2 aromatic carbocycles. The van der Waals surface area contributed by atoms with Gasteiger partial charge in [-0.3, -0.25) is 4.90 Å². The van der Waals surface area contributed by atoms with Crippen LogP contribution in [0.2, 0.25) is 5.02 Å². The van der Waals surface area contributed by atoms with Crippen molar-refractivity contribution >= 4 is 17.7 Å². The largest absolute Gasteiger partial charge is 0.488 e. The monoisotopic (exact) mass is 496 g/mol. The second kappa shape index (κ2) is 8.70. The zero-order valence-corrected chi connectivity index (χ0v) is 22.2. The van der Waals surface area contributed by atoms with Gasteiger partial charge < -0.3 is 14.7 Å². The molecule has 3 saturated heterocycles. The minimum atomic E-state index is -0.795. The molecule has 1 N–H and O–H groups in total. The summed E-state index contributed by atoms with van der Waals surface area (Å²) in [5.41, 5.74) is 3.91. The highest BCUT2D eigenvalue weighted by Crippen LogP contribution is 2.52. The molecule has 1 amide bonds. The lowest BCUT2D eigenvalue weighted by Gasteiger charge is -2.51. The second-order valence-corrected chi connectivity index (χ2v) is 12.6. The Hall–Kier alpha value is -2.24. The van der Waals surface area contributed by atoms with Gasteiger partial charge in [-0.25, -0.2) is 4.79 Å². The average molecular weight is 497 g/mol. The fraction of sp³-hybridized carbons (Fsp3) is 0.552. The quantitative estimate of drug-likeness (QED) is 0.501. The van der Waals surface area contributed by atoms with Crippen LogP contribution in [0.3, 0.4) is 0 Å². The van der Waals surface area contributed by atoms with E-state index in [1.807, 2.05) is 43.9 Å². The third kappa shape index (κ3) is 4.65. The molecular weight excluding hydrogens is 460 g/mol. The maximum absolute atomic E-state index is 12.7. The summed E-state index contributed by atoms with van der Waals surface area (Å²) in [5, 5.41) is 11.1. The lowest BCUT2D eigenvalue weighted by atomic mass is 9.79. The Labute approximate surface area is 214 Å². The van der Waals surface area contributed by atoms with Gasteiger partial charge in [0, 0.05) is 12.1 Å². The lowest BCUT2D eigenvalue weighted by Crippen LogP contribution is -2.60. The summed E-state index contributed by atoms with van der Waals surface area (Å²) >= 11 is 6.69. The van der Waals surface area contributed by atoms with Gasteiger partial charge in [0.1, 0.15) is 11.4 Å². The Morgan fingerprint density at radius 3 is 2.43 bits per heavy atom. The molecule has 0 saturated carbocycles. The maximum atomic E-state index is 12.7. The van der Waals surface area contributed by atoms with E-state index in [1.54, 1.807) is 0 Å². The van der Waals surface area contributed by atoms with Crippen molar-refractivity contribution < 1.29 is 14.6 Å². The smallest absolute Gasteiger partial charge is 0.408 e. The number of amides is 1. The topological polar surface area (TPSA) is 53.0 Å². The van der Waals surface area contributed by atoms with Crippen LogP contribution in [0.15, 0.2) is 36.4 Å². The highest BCUT2D eigenvalue weighted by molar-refractivity contribution is 6.33. The van der Waals surface area contributed by atoms with Gasteiger partial charge in [-0.1, -0.05) is 43.6 Å². The summed E-state index contributed by atoms with van der Waals surface area (Å²) in [4.78, 5) is 16.9. The summed E-state index contributed by atoms with van der Waals surface area (Å²) in [7, 11) is 0. The van der Waals surface area contributed by atoms with E-state index in [1.165, 1.54) is 5.56 Å². The molecule has 6 rings (SSSR count). The number of carboxylic acid groups (broad SMARTS) is 1. The molecule has 3 heterocycles. The van der Waals surface area contributed by atoms with Gasteiger partial charge in [0.15, 0.2) is 0 Å². The number of hydrogen-bond acceptors (Lipinski definition) is 3. The molecular formula is C29H37ClN2O3. The van der Waals surface area contributed by atoms with E-state index in [4.69, 9.17) is 16.3 Å². The Morgan fingerprint density at radius 2 is 1.86 bits per heavy atom. The fourth-order valence-electron chi connectivity index (χ4n) is 6.57. The number of benzene rings is 2. The third-order valence-corrected chi connectivity index (χ3v) is 8.29. The van der Waals surface area contributed by atoms with Gasteiger partial charge in [-0.2, -0.15) is 0 Å². The number of hydrogen-bond donors (Lipinski definition) is 1. The Morgan fingerprint density at radius 1 is 1.14 bits per heavy atom. The Balaban J connectivity index is 1.48. The molecule has 0 unspecified atom stereocenters. The Kier molecular flexibility index (Phi) is 6.08. The molecule has 188 valence electrons. The fourth-order valence-corrected chi connectivity index (χ4v) is 6.85. The average Bonchev–Trinajstić information content (AvgIpc) is 3.03. The predicted octanol–water partition coefficient (Wildman–Crippen LogP) is 6.88. The first-order chi connectivity index (χ1) is 16.4. The van der Waals surface area contributed by atoms with Crippen molar-refractivity contribution in [2.45, 2.75) is 71.6 Å². The van der Waals surface area contributed by atoms with Gasteiger partial charge in [0.2, 0.25) is 0 Å². The predicted molar refractivity (Wildman–Crippen MR) is 140 cm³/mol. The van der Waals surface area contributed by atoms with Crippen LogP contribution in [0, 0.1) is 11.3 Å². The van der Waals surface area contributed by atoms with Crippen molar-refractivity contribution in [3.05, 3.63) is 52.5 Å². The molecule has 2 bridgehead atoms. The zero-order chi connectivity index (χ0) is 25.1. The molecule has 35 heavy (non-hydrogen) atoms. The molecule has 3 aliphatic heterocycles. The molecule has 6 heteroatoms. The lowest BCUT2D eigenvalue weighted by molar-refractivity contribution is -0.0267. The summed E-state index contributed by atoms with van der Waals surface area (Å²) in [6.07, 6.45) is 2.24. The number of nitrogens with zero attached hydrogens (tertiary/aromatic N) is 2. The van der Waals surface area contributed by atoms with E-state index in [0.29, 0.717) is 10.9 Å². The van der Waals surface area contributed by atoms with Gasteiger partial charge in [0.05, 0.1) is 17.1 Å². The number of carbonyl (C=O) groups is 1. The Bertz CT molecular complexity index is 1130. The highest BCUT2D eigenvalue weighted by atomic mass is 35.5. The first kappa shape index (κ1) is 24.5. The highest BCUT2D eigenvalue weighted by Gasteiger charge is 2.50. The van der Waals surface area contributed by atoms with Crippen LogP contribution >= 0.6 is 11.6 Å². The summed E-state index contributed by atoms with van der Waals surface area (Å²) in [6, 6.07) is 12.2. The van der Waals surface area contributed by atoms with Crippen LogP contribution in [-0.2, 0) is 6.42 Å². The van der Waals surface area contributed by atoms with E-state index in [0.717, 1.165) is 61.3 Å². The van der Waals surface area contributed by atoms with Crippen LogP contribution in [0.4, 0.5) is 4.79 Å². The molecule has 2 atom stereocenters. The zero-order valence-electron chi connectivity index (χ0n) is 21.5. The molecule has 0 radical (unpaired) electrons. The minimum absolute atomic E-state index is 0.0645. The molecule has 1 aliphatic carbocycles. The van der Waals surface area contributed by atoms with E-state index in [2.05, 4.69) is 36.9 Å². The summed E-state index contributed by atoms with van der Waals surface area (Å²) in [5.74, 6) is 1.21. The molecule has 2 aromatic rings. The number of rotatable bonds is 4. The third-order valence-electron chi connectivity index (χ3n) is 7.98. The van der Waals surface area contributed by atoms with Crippen molar-refractivity contribution in [1.82, 2.24) is 9.80 Å². The van der Waals surface area contributed by atoms with Gasteiger partial charge in [0.25, 0.3) is 0 Å². The molecule has 3 fully saturated rings. The van der Waals surface area contributed by atoms with E-state index >= 15 is 0 Å². The van der Waals surface area contributed by atoms with Crippen LogP contribution in [0.5, 0.6) is 5.75 Å². The van der Waals surface area contributed by atoms with Crippen LogP contribution in [-0.4, -0.2) is 52.3 Å². The van der Waals surface area contributed by atoms with Gasteiger partial charge >= 0.3 is 6.09 Å². The van der Waals surface area contributed by atoms with Crippen LogP contribution < -0.4 is 4.74 Å². The van der Waals surface area contributed by atoms with E-state index in [-0.39, 0.29) is 23.1 Å². The normalized spacial score (nSPS) is 26.9. The molecule has 0 spiro atoms. The SMILES string of the molecule is CC(C)(C)Oc1ccc(-c2ccc3c(c2)CC(C)(C)[C@H]3N(C(=O)O)[C@@H]2CN3CCC2CC3)c(Cl)c1. The molecule has 0 aromatic heterocycles. The van der Waals surface area contributed by atoms with Gasteiger partial charge in [-0.05, 0) is 99.3 Å². The number of piperidine rings is 3. The van der Waals surface area contributed by atoms with Gasteiger partial charge in [-0.15, -0.1) is 0 Å². The number of halogens is 1. The number of fused-ring (bicyclic) bond motifs is 4. The maximum Gasteiger partial charge on any atom is 0.408 e. The second-order valence-electron chi connectivity index (χ2n) is 12.2. The molecule has 5 nitrogen and oxygen atoms in total. The van der Waals surface area contributed by atoms with Crippen LogP contribution in [0.1, 0.15) is 64.6 Å². The van der Waals surface area contributed by atoms with Crippen LogP contribution in [0.25, 0.3) is 11.1 Å². The van der Waals surface area contributed by atoms with Crippen molar-refractivity contribution in [2.75, 3.05) is 19.6 Å². The van der Waals surface area contributed by atoms with E-state index < -0.39 is 6.09 Å². The van der Waals surface area contributed by atoms with E-state index in [9.17, 15) is 9.90 Å². The van der Waals surface area contributed by atoms with Crippen molar-refractivity contribution in [1.29, 1.82) is 0 Å². The summed E-state index contributed by atoms with van der Waals surface area (Å²) in [6.45, 7) is 13.5. The summed E-state index contributed by atoms with van der Waals surface area (Å²) < 4.78 is 5.97. The first-order valence-electron chi connectivity index (χ1n) is 12.8.